The van der Waals surface area contributed by atoms with E-state index in [2.05, 4.69) is 17.5 Å². The zero-order chi connectivity index (χ0) is 13.7. The van der Waals surface area contributed by atoms with Crippen molar-refractivity contribution in [2.75, 3.05) is 0 Å². The Morgan fingerprint density at radius 2 is 2.05 bits per heavy atom. The molecule has 1 atom stereocenters. The summed E-state index contributed by atoms with van der Waals surface area (Å²) in [7, 11) is 0. The lowest BCUT2D eigenvalue weighted by Crippen LogP contribution is -2.42. The van der Waals surface area contributed by atoms with E-state index in [-0.39, 0.29) is 0 Å². The van der Waals surface area contributed by atoms with Crippen molar-refractivity contribution in [2.24, 2.45) is 0 Å². The minimum atomic E-state index is -0.572. The first kappa shape index (κ1) is 14.1. The van der Waals surface area contributed by atoms with E-state index in [4.69, 9.17) is 11.6 Å². The van der Waals surface area contributed by atoms with Crippen molar-refractivity contribution in [3.05, 3.63) is 57.2 Å². The standard InChI is InChI=1S/C15H15ClN2S/c1-15(11-17,18-10-14-3-2-8-19-14)9-12-4-6-13(16)7-5-12/h2-8,18H,9-10H2,1H3. The van der Waals surface area contributed by atoms with Crippen molar-refractivity contribution in [3.8, 4) is 6.07 Å². The fourth-order valence-corrected chi connectivity index (χ4v) is 2.62. The first-order valence-electron chi connectivity index (χ1n) is 6.04. The van der Waals surface area contributed by atoms with Gasteiger partial charge in [-0.15, -0.1) is 11.3 Å². The van der Waals surface area contributed by atoms with Crippen molar-refractivity contribution in [1.82, 2.24) is 5.32 Å². The highest BCUT2D eigenvalue weighted by Crippen LogP contribution is 2.17. The number of hydrogen-bond donors (Lipinski definition) is 1. The summed E-state index contributed by atoms with van der Waals surface area (Å²) in [4.78, 5) is 1.23. The van der Waals surface area contributed by atoms with Crippen LogP contribution < -0.4 is 5.32 Å². The van der Waals surface area contributed by atoms with Crippen LogP contribution in [0.3, 0.4) is 0 Å². The van der Waals surface area contributed by atoms with Crippen LogP contribution >= 0.6 is 22.9 Å². The van der Waals surface area contributed by atoms with Crippen molar-refractivity contribution in [3.63, 3.8) is 0 Å². The average Bonchev–Trinajstić information content (AvgIpc) is 2.93. The molecule has 0 aliphatic rings. The van der Waals surface area contributed by atoms with Crippen LogP contribution in [0.4, 0.5) is 0 Å². The second-order valence-electron chi connectivity index (χ2n) is 4.68. The largest absolute Gasteiger partial charge is 0.294 e. The second kappa shape index (κ2) is 6.21. The topological polar surface area (TPSA) is 35.8 Å². The van der Waals surface area contributed by atoms with E-state index in [0.29, 0.717) is 11.4 Å². The lowest BCUT2D eigenvalue weighted by Gasteiger charge is -2.23. The van der Waals surface area contributed by atoms with Gasteiger partial charge in [-0.3, -0.25) is 5.32 Å². The Kier molecular flexibility index (Phi) is 4.60. The number of rotatable bonds is 5. The molecule has 1 aromatic heterocycles. The maximum Gasteiger partial charge on any atom is 0.108 e. The van der Waals surface area contributed by atoms with Gasteiger partial charge in [0.2, 0.25) is 0 Å². The number of hydrogen-bond acceptors (Lipinski definition) is 3. The van der Waals surface area contributed by atoms with Crippen LogP contribution in [0.1, 0.15) is 17.4 Å². The normalized spacial score (nSPS) is 13.7. The maximum absolute atomic E-state index is 9.39. The summed E-state index contributed by atoms with van der Waals surface area (Å²) in [5.41, 5.74) is 0.532. The highest BCUT2D eigenvalue weighted by atomic mass is 35.5. The summed E-state index contributed by atoms with van der Waals surface area (Å²) >= 11 is 7.56. The van der Waals surface area contributed by atoms with Gasteiger partial charge in [-0.1, -0.05) is 29.8 Å². The van der Waals surface area contributed by atoms with Gasteiger partial charge >= 0.3 is 0 Å². The molecule has 0 radical (unpaired) electrons. The Labute approximate surface area is 122 Å². The molecule has 0 spiro atoms. The number of nitrogens with one attached hydrogen (secondary N) is 1. The molecule has 19 heavy (non-hydrogen) atoms. The molecule has 2 aromatic rings. The molecule has 2 rings (SSSR count). The third kappa shape index (κ3) is 4.07. The fourth-order valence-electron chi connectivity index (χ4n) is 1.85. The summed E-state index contributed by atoms with van der Waals surface area (Å²) in [6, 6.07) is 14.1. The van der Waals surface area contributed by atoms with Gasteiger partial charge < -0.3 is 0 Å². The van der Waals surface area contributed by atoms with Gasteiger partial charge in [0, 0.05) is 22.9 Å². The quantitative estimate of drug-likeness (QED) is 0.903. The van der Waals surface area contributed by atoms with Crippen molar-refractivity contribution in [2.45, 2.75) is 25.4 Å². The maximum atomic E-state index is 9.39. The fraction of sp³-hybridized carbons (Fsp3) is 0.267. The van der Waals surface area contributed by atoms with E-state index >= 15 is 0 Å². The summed E-state index contributed by atoms with van der Waals surface area (Å²) in [5, 5.41) is 15.5. The van der Waals surface area contributed by atoms with E-state index in [9.17, 15) is 5.26 Å². The van der Waals surface area contributed by atoms with Gasteiger partial charge in [0.05, 0.1) is 6.07 Å². The minimum absolute atomic E-state index is 0.572. The molecular weight excluding hydrogens is 276 g/mol. The molecule has 0 aliphatic heterocycles. The first-order chi connectivity index (χ1) is 9.11. The van der Waals surface area contributed by atoms with Crippen LogP contribution in [-0.4, -0.2) is 5.54 Å². The summed E-state index contributed by atoms with van der Waals surface area (Å²) in [6.07, 6.45) is 0.659. The summed E-state index contributed by atoms with van der Waals surface area (Å²) in [5.74, 6) is 0. The lowest BCUT2D eigenvalue weighted by molar-refractivity contribution is 0.445. The molecule has 98 valence electrons. The predicted octanol–water partition coefficient (Wildman–Crippen LogP) is 4.02. The van der Waals surface area contributed by atoms with Gasteiger partial charge in [0.1, 0.15) is 5.54 Å². The van der Waals surface area contributed by atoms with Crippen LogP contribution in [0.15, 0.2) is 41.8 Å². The third-order valence-electron chi connectivity index (χ3n) is 2.95. The van der Waals surface area contributed by atoms with E-state index in [1.54, 1.807) is 11.3 Å². The molecule has 0 aliphatic carbocycles. The average molecular weight is 291 g/mol. The van der Waals surface area contributed by atoms with E-state index in [1.165, 1.54) is 4.88 Å². The Bertz CT molecular complexity index is 557. The van der Waals surface area contributed by atoms with Gasteiger partial charge in [-0.05, 0) is 36.1 Å². The van der Waals surface area contributed by atoms with Crippen LogP contribution in [-0.2, 0) is 13.0 Å². The van der Waals surface area contributed by atoms with Crippen LogP contribution in [0.25, 0.3) is 0 Å². The molecule has 0 bridgehead atoms. The van der Waals surface area contributed by atoms with Crippen LogP contribution in [0.2, 0.25) is 5.02 Å². The highest BCUT2D eigenvalue weighted by molar-refractivity contribution is 7.09. The highest BCUT2D eigenvalue weighted by Gasteiger charge is 2.23. The zero-order valence-electron chi connectivity index (χ0n) is 10.7. The molecule has 2 nitrogen and oxygen atoms in total. The first-order valence-corrected chi connectivity index (χ1v) is 7.30. The van der Waals surface area contributed by atoms with Gasteiger partial charge in [-0.25, -0.2) is 0 Å². The molecule has 1 N–H and O–H groups in total. The molecular formula is C15H15ClN2S. The summed E-state index contributed by atoms with van der Waals surface area (Å²) in [6.45, 7) is 2.64. The van der Waals surface area contributed by atoms with Crippen molar-refractivity contribution >= 4 is 22.9 Å². The number of thiophene rings is 1. The lowest BCUT2D eigenvalue weighted by atomic mass is 9.94. The molecule has 0 saturated carbocycles. The van der Waals surface area contributed by atoms with Crippen molar-refractivity contribution in [1.29, 1.82) is 5.26 Å². The van der Waals surface area contributed by atoms with Gasteiger partial charge in [0.25, 0.3) is 0 Å². The predicted molar refractivity (Wildman–Crippen MR) is 80.3 cm³/mol. The monoisotopic (exact) mass is 290 g/mol. The zero-order valence-corrected chi connectivity index (χ0v) is 12.3. The van der Waals surface area contributed by atoms with Gasteiger partial charge in [-0.2, -0.15) is 5.26 Å². The molecule has 0 fully saturated rings. The van der Waals surface area contributed by atoms with E-state index < -0.39 is 5.54 Å². The number of benzene rings is 1. The Morgan fingerprint density at radius 3 is 2.63 bits per heavy atom. The van der Waals surface area contributed by atoms with E-state index in [1.807, 2.05) is 42.6 Å². The third-order valence-corrected chi connectivity index (χ3v) is 4.08. The smallest absolute Gasteiger partial charge is 0.108 e. The number of halogens is 1. The second-order valence-corrected chi connectivity index (χ2v) is 6.15. The molecule has 4 heteroatoms. The SMILES string of the molecule is CC(C#N)(Cc1ccc(Cl)cc1)NCc1cccs1. The molecule has 1 heterocycles. The van der Waals surface area contributed by atoms with Crippen LogP contribution in [0.5, 0.6) is 0 Å². The molecule has 1 aromatic carbocycles. The van der Waals surface area contributed by atoms with E-state index in [0.717, 1.165) is 12.1 Å². The Hall–Kier alpha value is -1.34. The number of nitrogens with zero attached hydrogens (tertiary/aromatic N) is 1. The molecule has 0 saturated heterocycles. The Morgan fingerprint density at radius 1 is 1.32 bits per heavy atom. The Balaban J connectivity index is 2.01. The minimum Gasteiger partial charge on any atom is -0.294 e. The van der Waals surface area contributed by atoms with Gasteiger partial charge in [0.15, 0.2) is 0 Å². The molecule has 1 unspecified atom stereocenters. The summed E-state index contributed by atoms with van der Waals surface area (Å²) < 4.78 is 0. The van der Waals surface area contributed by atoms with Crippen LogP contribution in [0, 0.1) is 11.3 Å². The number of nitriles is 1. The van der Waals surface area contributed by atoms with Crippen molar-refractivity contribution < 1.29 is 0 Å². The molecule has 0 amide bonds.